The molecule has 0 bridgehead atoms. The van der Waals surface area contributed by atoms with E-state index >= 15 is 0 Å². The van der Waals surface area contributed by atoms with Crippen molar-refractivity contribution >= 4 is 34.3 Å². The van der Waals surface area contributed by atoms with Gasteiger partial charge >= 0.3 is 0 Å². The number of aromatic amines is 2. The molecule has 22 heavy (non-hydrogen) atoms. The molecule has 0 atom stereocenters. The van der Waals surface area contributed by atoms with Crippen LogP contribution in [0.2, 0.25) is 0 Å². The van der Waals surface area contributed by atoms with E-state index in [1.54, 1.807) is 0 Å². The number of hydrogen-bond acceptors (Lipinski definition) is 4. The number of aromatic nitrogens is 4. The molecular weight excluding hydrogens is 276 g/mol. The maximum absolute atomic E-state index is 4.58. The van der Waals surface area contributed by atoms with Crippen LogP contribution in [0, 0.1) is 0 Å². The van der Waals surface area contributed by atoms with Crippen LogP contribution in [0.15, 0.2) is 60.9 Å². The second-order valence-electron chi connectivity index (χ2n) is 4.83. The predicted molar refractivity (Wildman–Crippen MR) is 87.7 cm³/mol. The monoisotopic (exact) mass is 290 g/mol. The molecule has 4 rings (SSSR count). The van der Waals surface area contributed by atoms with E-state index in [0.29, 0.717) is 5.95 Å². The molecule has 0 aliphatic rings. The van der Waals surface area contributed by atoms with Gasteiger partial charge in [0.15, 0.2) is 0 Å². The van der Waals surface area contributed by atoms with E-state index in [0.717, 1.165) is 28.4 Å². The van der Waals surface area contributed by atoms with E-state index in [1.165, 1.54) is 0 Å². The Labute approximate surface area is 126 Å². The summed E-state index contributed by atoms with van der Waals surface area (Å²) in [5.74, 6) is 3.02. The summed E-state index contributed by atoms with van der Waals surface area (Å²) in [6.07, 6.45) is 3.71. The summed E-state index contributed by atoms with van der Waals surface area (Å²) in [5, 5.41) is 7.42. The molecule has 0 saturated heterocycles. The Morgan fingerprint density at radius 2 is 1.45 bits per heavy atom. The molecule has 0 fully saturated rings. The van der Waals surface area contributed by atoms with Crippen LogP contribution in [0.25, 0.3) is 10.9 Å². The third kappa shape index (κ3) is 2.37. The molecule has 0 radical (unpaired) electrons. The van der Waals surface area contributed by atoms with Crippen molar-refractivity contribution in [3.63, 3.8) is 0 Å². The molecule has 0 aliphatic heterocycles. The average Bonchev–Trinajstić information content (AvgIpc) is 3.21. The second-order valence-corrected chi connectivity index (χ2v) is 4.83. The van der Waals surface area contributed by atoms with E-state index in [9.17, 15) is 0 Å². The van der Waals surface area contributed by atoms with E-state index in [2.05, 4.69) is 30.6 Å². The molecule has 4 N–H and O–H groups in total. The topological polar surface area (TPSA) is 81.4 Å². The highest BCUT2D eigenvalue weighted by molar-refractivity contribution is 5.91. The summed E-state index contributed by atoms with van der Waals surface area (Å²) in [7, 11) is 0. The average molecular weight is 290 g/mol. The highest BCUT2D eigenvalue weighted by Gasteiger charge is 2.08. The summed E-state index contributed by atoms with van der Waals surface area (Å²) >= 11 is 0. The number of benzene rings is 1. The van der Waals surface area contributed by atoms with Gasteiger partial charge in [0.25, 0.3) is 0 Å². The fourth-order valence-electron chi connectivity index (χ4n) is 2.29. The van der Waals surface area contributed by atoms with Crippen molar-refractivity contribution in [1.82, 2.24) is 19.9 Å². The van der Waals surface area contributed by atoms with Gasteiger partial charge in [-0.1, -0.05) is 12.1 Å². The summed E-state index contributed by atoms with van der Waals surface area (Å²) < 4.78 is 0. The number of rotatable bonds is 4. The Kier molecular flexibility index (Phi) is 2.97. The van der Waals surface area contributed by atoms with Crippen LogP contribution in [0.5, 0.6) is 0 Å². The highest BCUT2D eigenvalue weighted by atomic mass is 15.2. The fourth-order valence-corrected chi connectivity index (χ4v) is 2.29. The predicted octanol–water partition coefficient (Wildman–Crippen LogP) is 3.77. The Hall–Kier alpha value is -3.28. The van der Waals surface area contributed by atoms with Gasteiger partial charge in [-0.25, -0.2) is 4.98 Å². The minimum Gasteiger partial charge on any atom is -0.348 e. The summed E-state index contributed by atoms with van der Waals surface area (Å²) in [5.41, 5.74) is 0.876. The summed E-state index contributed by atoms with van der Waals surface area (Å²) in [4.78, 5) is 15.3. The molecule has 1 aromatic carbocycles. The maximum Gasteiger partial charge on any atom is 0.230 e. The number of para-hydroxylation sites is 1. The number of nitrogens with zero attached hydrogens (tertiary/aromatic N) is 2. The van der Waals surface area contributed by atoms with Gasteiger partial charge in [-0.05, 0) is 36.4 Å². The lowest BCUT2D eigenvalue weighted by Gasteiger charge is -2.10. The number of nitrogens with one attached hydrogen (secondary N) is 4. The lowest BCUT2D eigenvalue weighted by Crippen LogP contribution is -2.02. The molecule has 0 amide bonds. The Balaban J connectivity index is 1.78. The van der Waals surface area contributed by atoms with Crippen LogP contribution in [-0.4, -0.2) is 19.9 Å². The molecule has 6 heteroatoms. The van der Waals surface area contributed by atoms with Crippen molar-refractivity contribution in [2.45, 2.75) is 0 Å². The fraction of sp³-hybridized carbons (Fsp3) is 0. The lowest BCUT2D eigenvalue weighted by molar-refractivity contribution is 1.19. The quantitative estimate of drug-likeness (QED) is 0.461. The second kappa shape index (κ2) is 5.25. The smallest absolute Gasteiger partial charge is 0.230 e. The Morgan fingerprint density at radius 1 is 0.727 bits per heavy atom. The minimum absolute atomic E-state index is 0.537. The normalized spacial score (nSPS) is 10.7. The SMILES string of the molecule is c1c[nH]c(Nc2nc(Nc3ccc[nH]3)c3ccccc3n2)c1. The standard InChI is InChI=1S/C16H14N6/c1-2-6-12-11(5-1)15(20-13-7-3-9-17-13)22-16(19-12)21-14-8-4-10-18-14/h1-10,17-18H,(H2,19,20,21,22). The van der Waals surface area contributed by atoms with Gasteiger partial charge in [-0.2, -0.15) is 4.98 Å². The largest absolute Gasteiger partial charge is 0.348 e. The third-order valence-corrected chi connectivity index (χ3v) is 3.30. The zero-order chi connectivity index (χ0) is 14.8. The first-order chi connectivity index (χ1) is 10.9. The van der Waals surface area contributed by atoms with Crippen molar-refractivity contribution < 1.29 is 0 Å². The third-order valence-electron chi connectivity index (χ3n) is 3.30. The molecule has 6 nitrogen and oxygen atoms in total. The van der Waals surface area contributed by atoms with Crippen molar-refractivity contribution in [3.8, 4) is 0 Å². The van der Waals surface area contributed by atoms with Gasteiger partial charge in [0.05, 0.1) is 5.52 Å². The van der Waals surface area contributed by atoms with E-state index in [4.69, 9.17) is 0 Å². The van der Waals surface area contributed by atoms with Crippen LogP contribution >= 0.6 is 0 Å². The molecule has 4 aromatic rings. The molecule has 3 aromatic heterocycles. The van der Waals surface area contributed by atoms with Gasteiger partial charge in [0.2, 0.25) is 5.95 Å². The molecule has 0 saturated carbocycles. The van der Waals surface area contributed by atoms with Crippen LogP contribution in [-0.2, 0) is 0 Å². The van der Waals surface area contributed by atoms with Gasteiger partial charge in [0.1, 0.15) is 17.5 Å². The number of anilines is 4. The van der Waals surface area contributed by atoms with Crippen LogP contribution < -0.4 is 10.6 Å². The van der Waals surface area contributed by atoms with E-state index < -0.39 is 0 Å². The number of fused-ring (bicyclic) bond motifs is 1. The Morgan fingerprint density at radius 3 is 2.18 bits per heavy atom. The minimum atomic E-state index is 0.537. The van der Waals surface area contributed by atoms with Crippen molar-refractivity contribution in [3.05, 3.63) is 60.9 Å². The maximum atomic E-state index is 4.58. The van der Waals surface area contributed by atoms with Crippen LogP contribution in [0.3, 0.4) is 0 Å². The van der Waals surface area contributed by atoms with Gasteiger partial charge in [0, 0.05) is 17.8 Å². The molecule has 0 spiro atoms. The molecule has 108 valence electrons. The highest BCUT2D eigenvalue weighted by Crippen LogP contribution is 2.25. The lowest BCUT2D eigenvalue weighted by atomic mass is 10.2. The summed E-state index contributed by atoms with van der Waals surface area (Å²) in [6, 6.07) is 15.6. The molecule has 0 unspecified atom stereocenters. The number of hydrogen-bond donors (Lipinski definition) is 4. The zero-order valence-corrected chi connectivity index (χ0v) is 11.7. The Bertz CT molecular complexity index is 880. The van der Waals surface area contributed by atoms with Crippen molar-refractivity contribution in [1.29, 1.82) is 0 Å². The molecule has 3 heterocycles. The first-order valence-corrected chi connectivity index (χ1v) is 6.96. The van der Waals surface area contributed by atoms with Gasteiger partial charge in [-0.3, -0.25) is 0 Å². The molecule has 0 aliphatic carbocycles. The van der Waals surface area contributed by atoms with Crippen LogP contribution in [0.4, 0.5) is 23.4 Å². The van der Waals surface area contributed by atoms with Crippen LogP contribution in [0.1, 0.15) is 0 Å². The zero-order valence-electron chi connectivity index (χ0n) is 11.7. The first kappa shape index (κ1) is 12.5. The summed E-state index contributed by atoms with van der Waals surface area (Å²) in [6.45, 7) is 0. The van der Waals surface area contributed by atoms with Gasteiger partial charge in [-0.15, -0.1) is 0 Å². The van der Waals surface area contributed by atoms with Crippen molar-refractivity contribution in [2.75, 3.05) is 10.6 Å². The number of H-pyrrole nitrogens is 2. The molecular formula is C16H14N6. The van der Waals surface area contributed by atoms with E-state index in [1.807, 2.05) is 60.9 Å². The van der Waals surface area contributed by atoms with Crippen molar-refractivity contribution in [2.24, 2.45) is 0 Å². The van der Waals surface area contributed by atoms with Gasteiger partial charge < -0.3 is 20.6 Å². The first-order valence-electron chi connectivity index (χ1n) is 6.96. The van der Waals surface area contributed by atoms with E-state index in [-0.39, 0.29) is 0 Å².